The van der Waals surface area contributed by atoms with Gasteiger partial charge in [0, 0.05) is 30.0 Å². The van der Waals surface area contributed by atoms with Gasteiger partial charge in [0.1, 0.15) is 5.82 Å². The number of anilines is 1. The number of rotatable bonds is 5. The maximum absolute atomic E-state index is 13.1. The van der Waals surface area contributed by atoms with E-state index in [9.17, 15) is 9.18 Å². The van der Waals surface area contributed by atoms with E-state index in [-0.39, 0.29) is 36.6 Å². The Bertz CT molecular complexity index is 603. The van der Waals surface area contributed by atoms with Gasteiger partial charge < -0.3 is 11.1 Å². The van der Waals surface area contributed by atoms with Gasteiger partial charge in [-0.2, -0.15) is 0 Å². The van der Waals surface area contributed by atoms with Gasteiger partial charge in [0.25, 0.3) is 0 Å². The Morgan fingerprint density at radius 2 is 2.29 bits per heavy atom. The van der Waals surface area contributed by atoms with Crippen molar-refractivity contribution in [2.75, 3.05) is 5.32 Å². The van der Waals surface area contributed by atoms with Crippen molar-refractivity contribution in [3.63, 3.8) is 0 Å². The zero-order valence-electron chi connectivity index (χ0n) is 11.5. The molecule has 7 heteroatoms. The van der Waals surface area contributed by atoms with E-state index < -0.39 is 0 Å². The topological polar surface area (TPSA) is 68.0 Å². The highest BCUT2D eigenvalue weighted by Gasteiger charge is 2.09. The predicted molar refractivity (Wildman–Crippen MR) is 85.5 cm³/mol. The lowest BCUT2D eigenvalue weighted by Gasteiger charge is -2.03. The lowest BCUT2D eigenvalue weighted by Crippen LogP contribution is -2.23. The molecular weight excluding hydrogens is 313 g/mol. The summed E-state index contributed by atoms with van der Waals surface area (Å²) in [7, 11) is 0. The molecule has 1 aromatic carbocycles. The number of hydrogen-bond acceptors (Lipinski definition) is 4. The van der Waals surface area contributed by atoms with Crippen LogP contribution < -0.4 is 11.1 Å². The Kier molecular flexibility index (Phi) is 6.74. The molecule has 0 aliphatic carbocycles. The summed E-state index contributed by atoms with van der Waals surface area (Å²) in [6.07, 6.45) is 2.55. The lowest BCUT2D eigenvalue weighted by atomic mass is 10.1. The van der Waals surface area contributed by atoms with Crippen molar-refractivity contribution in [1.29, 1.82) is 0 Å². The summed E-state index contributed by atoms with van der Waals surface area (Å²) in [4.78, 5) is 16.7. The summed E-state index contributed by atoms with van der Waals surface area (Å²) in [6.45, 7) is 1.77. The fourth-order valence-corrected chi connectivity index (χ4v) is 2.62. The first-order valence-corrected chi connectivity index (χ1v) is 7.09. The first kappa shape index (κ1) is 17.6. The summed E-state index contributed by atoms with van der Waals surface area (Å²) in [5.41, 5.74) is 6.43. The molecule has 0 radical (unpaired) electrons. The highest BCUT2D eigenvalue weighted by atomic mass is 35.5. The number of aromatic nitrogens is 1. The van der Waals surface area contributed by atoms with Crippen LogP contribution in [0.2, 0.25) is 0 Å². The van der Waals surface area contributed by atoms with Gasteiger partial charge in [-0.3, -0.25) is 4.79 Å². The number of thiazole rings is 1. The quantitative estimate of drug-likeness (QED) is 0.886. The smallest absolute Gasteiger partial charge is 0.227 e. The second-order valence-corrected chi connectivity index (χ2v) is 5.78. The number of carbonyl (C=O) groups is 1. The second-order valence-electron chi connectivity index (χ2n) is 4.67. The molecular formula is C14H17ClFN3OS. The zero-order chi connectivity index (χ0) is 14.5. The Morgan fingerprint density at radius 1 is 1.52 bits per heavy atom. The van der Waals surface area contributed by atoms with Crippen molar-refractivity contribution in [2.24, 2.45) is 5.73 Å². The van der Waals surface area contributed by atoms with E-state index in [1.54, 1.807) is 19.2 Å². The molecule has 0 spiro atoms. The molecule has 0 saturated carbocycles. The molecule has 1 aromatic heterocycles. The van der Waals surface area contributed by atoms with Gasteiger partial charge in [0.2, 0.25) is 5.91 Å². The minimum Gasteiger partial charge on any atom is -0.327 e. The van der Waals surface area contributed by atoms with Crippen molar-refractivity contribution in [2.45, 2.75) is 25.8 Å². The Balaban J connectivity index is 0.00000220. The van der Waals surface area contributed by atoms with E-state index in [0.717, 1.165) is 10.4 Å². The maximum atomic E-state index is 13.1. The molecule has 0 bridgehead atoms. The molecule has 4 nitrogen and oxygen atoms in total. The SMILES string of the molecule is CC(N)CC(=O)Nc1ncc(Cc2cccc(F)c2)s1.Cl. The minimum absolute atomic E-state index is 0. The molecule has 1 unspecified atom stereocenters. The highest BCUT2D eigenvalue weighted by molar-refractivity contribution is 7.15. The molecule has 2 rings (SSSR count). The van der Waals surface area contributed by atoms with Gasteiger partial charge in [-0.25, -0.2) is 9.37 Å². The van der Waals surface area contributed by atoms with Crippen LogP contribution >= 0.6 is 23.7 Å². The number of amides is 1. The Morgan fingerprint density at radius 3 is 2.95 bits per heavy atom. The van der Waals surface area contributed by atoms with E-state index in [0.29, 0.717) is 11.6 Å². The standard InChI is InChI=1S/C14H16FN3OS.ClH/c1-9(16)5-13(19)18-14-17-8-12(20-14)7-10-3-2-4-11(15)6-10;/h2-4,6,8-9H,5,7,16H2,1H3,(H,17,18,19);1H. The van der Waals surface area contributed by atoms with Crippen molar-refractivity contribution >= 4 is 34.8 Å². The van der Waals surface area contributed by atoms with Crippen molar-refractivity contribution in [1.82, 2.24) is 4.98 Å². The third-order valence-corrected chi connectivity index (χ3v) is 3.49. The summed E-state index contributed by atoms with van der Waals surface area (Å²) in [6, 6.07) is 6.26. The van der Waals surface area contributed by atoms with Crippen molar-refractivity contribution < 1.29 is 9.18 Å². The van der Waals surface area contributed by atoms with Crippen molar-refractivity contribution in [3.8, 4) is 0 Å². The second kappa shape index (κ2) is 8.07. The summed E-state index contributed by atoms with van der Waals surface area (Å²) >= 11 is 1.38. The fraction of sp³-hybridized carbons (Fsp3) is 0.286. The molecule has 0 fully saturated rings. The number of hydrogen-bond donors (Lipinski definition) is 2. The van der Waals surface area contributed by atoms with Crippen LogP contribution in [0.1, 0.15) is 23.8 Å². The highest BCUT2D eigenvalue weighted by Crippen LogP contribution is 2.21. The van der Waals surface area contributed by atoms with Crippen LogP contribution in [0.5, 0.6) is 0 Å². The lowest BCUT2D eigenvalue weighted by molar-refractivity contribution is -0.116. The van der Waals surface area contributed by atoms with Gasteiger partial charge in [-0.1, -0.05) is 12.1 Å². The Hall–Kier alpha value is -1.50. The number of nitrogens with two attached hydrogens (primary N) is 1. The molecule has 1 amide bonds. The summed E-state index contributed by atoms with van der Waals surface area (Å²) in [5.74, 6) is -0.399. The molecule has 1 heterocycles. The van der Waals surface area contributed by atoms with Crippen LogP contribution in [0.25, 0.3) is 0 Å². The molecule has 1 atom stereocenters. The van der Waals surface area contributed by atoms with Gasteiger partial charge >= 0.3 is 0 Å². The van der Waals surface area contributed by atoms with Crippen LogP contribution in [0.3, 0.4) is 0 Å². The molecule has 0 aliphatic heterocycles. The fourth-order valence-electron chi connectivity index (χ4n) is 1.76. The van der Waals surface area contributed by atoms with Crippen LogP contribution in [0, 0.1) is 5.82 Å². The van der Waals surface area contributed by atoms with Gasteiger partial charge in [-0.15, -0.1) is 23.7 Å². The first-order valence-electron chi connectivity index (χ1n) is 6.27. The summed E-state index contributed by atoms with van der Waals surface area (Å²) < 4.78 is 13.1. The number of benzene rings is 1. The van der Waals surface area contributed by atoms with Crippen LogP contribution in [0.15, 0.2) is 30.5 Å². The van der Waals surface area contributed by atoms with Crippen molar-refractivity contribution in [3.05, 3.63) is 46.7 Å². The first-order chi connectivity index (χ1) is 9.52. The number of nitrogens with zero attached hydrogens (tertiary/aromatic N) is 1. The third kappa shape index (κ3) is 5.79. The van der Waals surface area contributed by atoms with Gasteiger partial charge in [0.05, 0.1) is 0 Å². The summed E-state index contributed by atoms with van der Waals surface area (Å²) in [5, 5.41) is 3.25. The third-order valence-electron chi connectivity index (χ3n) is 2.57. The monoisotopic (exact) mass is 329 g/mol. The molecule has 0 aliphatic rings. The van der Waals surface area contributed by atoms with Crippen LogP contribution in [-0.4, -0.2) is 16.9 Å². The van der Waals surface area contributed by atoms with Crippen LogP contribution in [-0.2, 0) is 11.2 Å². The number of halogens is 2. The molecule has 0 saturated heterocycles. The average molecular weight is 330 g/mol. The van der Waals surface area contributed by atoms with E-state index in [1.165, 1.54) is 23.5 Å². The zero-order valence-corrected chi connectivity index (χ0v) is 13.1. The largest absolute Gasteiger partial charge is 0.327 e. The number of carbonyl (C=O) groups excluding carboxylic acids is 1. The molecule has 114 valence electrons. The molecule has 21 heavy (non-hydrogen) atoms. The maximum Gasteiger partial charge on any atom is 0.227 e. The van der Waals surface area contributed by atoms with E-state index >= 15 is 0 Å². The van der Waals surface area contributed by atoms with E-state index in [1.807, 2.05) is 6.07 Å². The normalized spacial score (nSPS) is 11.6. The number of nitrogens with one attached hydrogen (secondary N) is 1. The van der Waals surface area contributed by atoms with Gasteiger partial charge in [-0.05, 0) is 24.6 Å². The molecule has 2 aromatic rings. The van der Waals surface area contributed by atoms with Crippen LogP contribution in [0.4, 0.5) is 9.52 Å². The van der Waals surface area contributed by atoms with Gasteiger partial charge in [0.15, 0.2) is 5.13 Å². The van der Waals surface area contributed by atoms with E-state index in [4.69, 9.17) is 5.73 Å². The molecule has 3 N–H and O–H groups in total. The van der Waals surface area contributed by atoms with E-state index in [2.05, 4.69) is 10.3 Å². The minimum atomic E-state index is -0.252. The predicted octanol–water partition coefficient (Wildman–Crippen LogP) is 2.97. The Labute approximate surface area is 133 Å². The average Bonchev–Trinajstić information content (AvgIpc) is 2.75.